The molecule has 0 saturated heterocycles. The van der Waals surface area contributed by atoms with Crippen molar-refractivity contribution in [3.05, 3.63) is 140 Å². The molecule has 54 heavy (non-hydrogen) atoms. The molecule has 3 aromatic carbocycles. The molecule has 10 heteroatoms. The fourth-order valence-electron chi connectivity index (χ4n) is 8.35. The quantitative estimate of drug-likeness (QED) is 0.156. The molecule has 286 valence electrons. The minimum atomic E-state index is -1.07. The molecule has 0 spiro atoms. The van der Waals surface area contributed by atoms with Gasteiger partial charge in [-0.2, -0.15) is 0 Å². The molecule has 0 aromatic heterocycles. The van der Waals surface area contributed by atoms with E-state index in [1.165, 1.54) is 17.5 Å². The van der Waals surface area contributed by atoms with E-state index in [4.69, 9.17) is 39.6 Å². The van der Waals surface area contributed by atoms with E-state index in [0.717, 1.165) is 42.2 Å². The molecule has 0 heterocycles. The van der Waals surface area contributed by atoms with Crippen LogP contribution in [0.4, 0.5) is 0 Å². The van der Waals surface area contributed by atoms with Gasteiger partial charge in [0.2, 0.25) is 0 Å². The van der Waals surface area contributed by atoms with Gasteiger partial charge in [0, 0.05) is 0 Å². The predicted octanol–water partition coefficient (Wildman–Crippen LogP) is 9.00. The summed E-state index contributed by atoms with van der Waals surface area (Å²) in [5.41, 5.74) is 2.28. The zero-order valence-electron chi connectivity index (χ0n) is 31.2. The van der Waals surface area contributed by atoms with E-state index in [9.17, 15) is 10.2 Å². The Morgan fingerprint density at radius 1 is 0.796 bits per heavy atom. The molecule has 2 aliphatic carbocycles. The van der Waals surface area contributed by atoms with Crippen LogP contribution >= 0.6 is 11.6 Å². The van der Waals surface area contributed by atoms with Crippen LogP contribution in [0.15, 0.2) is 84.9 Å². The van der Waals surface area contributed by atoms with E-state index in [0.29, 0.717) is 23.3 Å². The van der Waals surface area contributed by atoms with Crippen LogP contribution in [-0.4, -0.2) is 26.5 Å². The van der Waals surface area contributed by atoms with E-state index in [1.807, 2.05) is 37.3 Å². The number of hydrogen-bond donors (Lipinski definition) is 2. The van der Waals surface area contributed by atoms with Gasteiger partial charge in [0.05, 0.1) is 0 Å². The van der Waals surface area contributed by atoms with Gasteiger partial charge in [-0.25, -0.2) is 0 Å². The molecule has 2 aliphatic rings. The molecule has 8 atom stereocenters. The Labute approximate surface area is 334 Å². The van der Waals surface area contributed by atoms with E-state index < -0.39 is 11.7 Å². The number of aliphatic hydroxyl groups is 2. The van der Waals surface area contributed by atoms with Gasteiger partial charge in [0.1, 0.15) is 0 Å². The van der Waals surface area contributed by atoms with Crippen molar-refractivity contribution in [2.75, 3.05) is 0 Å². The van der Waals surface area contributed by atoms with Crippen LogP contribution in [0.5, 0.6) is 0 Å². The molecule has 0 radical (unpaired) electrons. The summed E-state index contributed by atoms with van der Waals surface area (Å²) in [7, 11) is 0. The van der Waals surface area contributed by atoms with Gasteiger partial charge in [0.15, 0.2) is 0 Å². The van der Waals surface area contributed by atoms with Crippen molar-refractivity contribution in [2.45, 2.75) is 102 Å². The van der Waals surface area contributed by atoms with E-state index in [-0.39, 0.29) is 29.3 Å². The molecule has 0 bridgehead atoms. The van der Waals surface area contributed by atoms with Crippen LogP contribution in [0.25, 0.3) is 0 Å². The maximum absolute atomic E-state index is 12.3. The number of halogens is 1. The summed E-state index contributed by atoms with van der Waals surface area (Å²) in [6.45, 7) is 31.5. The van der Waals surface area contributed by atoms with E-state index >= 15 is 0 Å². The maximum atomic E-state index is 12.3. The number of aliphatic hydroxyl groups excluding tert-OH is 1. The van der Waals surface area contributed by atoms with E-state index in [2.05, 4.69) is 124 Å². The second kappa shape index (κ2) is 26.7. The summed E-state index contributed by atoms with van der Waals surface area (Å²) in [6.07, 6.45) is 6.08. The van der Waals surface area contributed by atoms with Crippen LogP contribution in [-0.2, 0) is 49.3 Å². The van der Waals surface area contributed by atoms with Gasteiger partial charge >= 0.3 is 336 Å². The molecule has 0 amide bonds. The van der Waals surface area contributed by atoms with Crippen LogP contribution < -0.4 is 0 Å². The first-order valence-electron chi connectivity index (χ1n) is 17.5. The Bertz CT molecular complexity index is 1560. The molecule has 2 N–H and O–H groups in total. The van der Waals surface area contributed by atoms with E-state index in [1.54, 1.807) is 0 Å². The van der Waals surface area contributed by atoms with Crippen LogP contribution in [0.1, 0.15) is 101 Å². The first-order chi connectivity index (χ1) is 26.0. The zero-order chi connectivity index (χ0) is 41.5. The number of hydrogen-bond acceptors (Lipinski definition) is 3. The number of rotatable bonds is 10. The monoisotopic (exact) mass is 792 g/mol. The summed E-state index contributed by atoms with van der Waals surface area (Å²) in [4.78, 5) is 0. The van der Waals surface area contributed by atoms with Crippen molar-refractivity contribution in [2.24, 2.45) is 23.7 Å². The molecular formula is C44H49ClCrO8. The van der Waals surface area contributed by atoms with Crippen LogP contribution in [0.2, 0.25) is 5.02 Å². The van der Waals surface area contributed by atoms with Crippen molar-refractivity contribution in [1.29, 1.82) is 0 Å². The summed E-state index contributed by atoms with van der Waals surface area (Å²) in [6, 6.07) is 28.8. The second-order valence-corrected chi connectivity index (χ2v) is 15.4. The fraction of sp³-hybridized carbons (Fsp3) is 0.455. The molecule has 2 fully saturated rings. The molecule has 3 aromatic rings. The Morgan fingerprint density at radius 3 is 1.83 bits per heavy atom. The second-order valence-electron chi connectivity index (χ2n) is 14.2. The molecule has 0 unspecified atom stereocenters. The predicted molar refractivity (Wildman–Crippen MR) is 197 cm³/mol. The Morgan fingerprint density at radius 2 is 1.30 bits per heavy atom. The van der Waals surface area contributed by atoms with Crippen molar-refractivity contribution < 1.29 is 54.1 Å². The standard InChI is InChI=1S/C39H49ClO3.5CO.Cr/c1-27-18-23-34(38(2,3)30-14-9-6-10-15-30)36(26-27)43-25-24-32(28-12-7-5-8-13-28)33-16-11-17-35(39(33,4)42)37(41)29-19-21-31(40)22-20-29;5*1-2;/h5-10,12-15,19-22,27,32-37,41-42H,11,16-18,23-24,26H2,1-4H3;;;;;;/t27-,32+,33+,34-,35+,36-,37+,39-;;;;;;/m1....../s1. The number of ether oxygens (including phenoxy) is 1. The topological polar surface area (TPSA) is 149 Å². The van der Waals surface area contributed by atoms with Crippen molar-refractivity contribution in [3.63, 3.8) is 0 Å². The average Bonchev–Trinajstić information content (AvgIpc) is 3.21. The molecule has 0 aliphatic heterocycles. The Kier molecular flexibility index (Phi) is 25.2. The third kappa shape index (κ3) is 13.9. The van der Waals surface area contributed by atoms with Crippen LogP contribution in [0.3, 0.4) is 0 Å². The molecule has 2 saturated carbocycles. The van der Waals surface area contributed by atoms with Crippen LogP contribution in [0, 0.1) is 56.9 Å². The molecule has 5 rings (SSSR count). The number of benzene rings is 3. The molecular weight excluding hydrogens is 744 g/mol. The minimum absolute atomic E-state index is 0.0107. The normalized spacial score (nSPS) is 23.9. The first kappa shape index (κ1) is 50.9. The van der Waals surface area contributed by atoms with Gasteiger partial charge in [-0.1, -0.05) is 0 Å². The van der Waals surface area contributed by atoms with Gasteiger partial charge in [-0.05, 0) is 0 Å². The zero-order valence-corrected chi connectivity index (χ0v) is 33.2. The summed E-state index contributed by atoms with van der Waals surface area (Å²) in [5.74, 6) is 0.740. The van der Waals surface area contributed by atoms with Crippen molar-refractivity contribution >= 4 is 16.2 Å². The first-order valence-corrected chi connectivity index (χ1v) is 18.5. The average molecular weight is 793 g/mol. The molecule has 8 nitrogen and oxygen atoms in total. The van der Waals surface area contributed by atoms with Crippen molar-refractivity contribution in [3.8, 4) is 0 Å². The summed E-state index contributed by atoms with van der Waals surface area (Å²) < 4.78 is 45.4. The fourth-order valence-corrected chi connectivity index (χ4v) is 8.95. The van der Waals surface area contributed by atoms with Gasteiger partial charge in [-0.15, -0.1) is 0 Å². The summed E-state index contributed by atoms with van der Waals surface area (Å²) >= 11 is 9.47. The Hall–Kier alpha value is -3.07. The SMILES string of the molecule is C[C@@H]1CC[C@@H](C(C)(C)c2ccccc2)[C@H](O[C](=[Cr])C[C@@H](c2ccccc2)[C@@H]2CCC[C@@H]([C@@H](O)c3ccc(Cl)cc3)[C@]2(C)O)C1.[C-]#[O+].[C-]#[O+].[C-]#[O+].[C-]#[O+].[C-]#[O+]. The van der Waals surface area contributed by atoms with Crippen molar-refractivity contribution in [1.82, 2.24) is 0 Å². The third-order valence-corrected chi connectivity index (χ3v) is 11.7. The third-order valence-electron chi connectivity index (χ3n) is 11.0. The van der Waals surface area contributed by atoms with Gasteiger partial charge in [0.25, 0.3) is 0 Å². The summed E-state index contributed by atoms with van der Waals surface area (Å²) in [5, 5.41) is 24.5. The van der Waals surface area contributed by atoms with Gasteiger partial charge < -0.3 is 0 Å². The Balaban J connectivity index is 0.00000259. The van der Waals surface area contributed by atoms with Gasteiger partial charge in [-0.3, -0.25) is 0 Å².